The number of anilines is 1. The molecule has 1 aliphatic heterocycles. The highest BCUT2D eigenvalue weighted by molar-refractivity contribution is 6.30. The maximum atomic E-state index is 13.4. The molecule has 1 saturated heterocycles. The molecule has 0 bridgehead atoms. The number of carbonyl (C=O) groups excluding carboxylic acids is 1. The van der Waals surface area contributed by atoms with Crippen molar-refractivity contribution in [2.24, 2.45) is 0 Å². The second-order valence-corrected chi connectivity index (χ2v) is 7.05. The van der Waals surface area contributed by atoms with Crippen molar-refractivity contribution in [3.8, 4) is 11.4 Å². The van der Waals surface area contributed by atoms with Gasteiger partial charge in [-0.2, -0.15) is 4.98 Å². The summed E-state index contributed by atoms with van der Waals surface area (Å²) in [6, 6.07) is 12.3. The summed E-state index contributed by atoms with van der Waals surface area (Å²) < 4.78 is 18.8. The fraction of sp³-hybridized carbons (Fsp3) is 0.250. The second-order valence-electron chi connectivity index (χ2n) is 6.61. The van der Waals surface area contributed by atoms with Crippen molar-refractivity contribution in [2.75, 3.05) is 11.9 Å². The maximum absolute atomic E-state index is 13.4. The Morgan fingerprint density at radius 1 is 1.21 bits per heavy atom. The molecule has 3 aromatic rings. The molecular formula is C20H18ClFN4O2. The standard InChI is InChI=1S/C20H18ClFN4O2/c21-14-9-7-13(8-10-14)18-24-19(28-25-18)17-6-1-2-11-26(17)20(27)23-16-5-3-4-15(22)12-16/h3-5,7-10,12,17H,1-2,6,11H2,(H,23,27)/t17-/m1/s1. The average molecular weight is 401 g/mol. The van der Waals surface area contributed by atoms with Crippen LogP contribution in [0.2, 0.25) is 5.02 Å². The summed E-state index contributed by atoms with van der Waals surface area (Å²) in [5.41, 5.74) is 1.19. The number of piperidine rings is 1. The lowest BCUT2D eigenvalue weighted by Crippen LogP contribution is -2.41. The summed E-state index contributed by atoms with van der Waals surface area (Å²) in [5, 5.41) is 7.41. The molecule has 4 rings (SSSR count). The van der Waals surface area contributed by atoms with Crippen LogP contribution >= 0.6 is 11.6 Å². The number of amides is 2. The van der Waals surface area contributed by atoms with Crippen molar-refractivity contribution < 1.29 is 13.7 Å². The summed E-state index contributed by atoms with van der Waals surface area (Å²) in [6.45, 7) is 0.560. The molecule has 1 aliphatic rings. The Hall–Kier alpha value is -2.93. The lowest BCUT2D eigenvalue weighted by atomic mass is 10.0. The molecule has 2 aromatic carbocycles. The van der Waals surface area contributed by atoms with Crippen LogP contribution in [0.5, 0.6) is 0 Å². The molecule has 0 unspecified atom stereocenters. The van der Waals surface area contributed by atoms with E-state index in [1.165, 1.54) is 12.1 Å². The highest BCUT2D eigenvalue weighted by atomic mass is 35.5. The van der Waals surface area contributed by atoms with E-state index in [1.54, 1.807) is 29.2 Å². The van der Waals surface area contributed by atoms with E-state index in [-0.39, 0.29) is 12.1 Å². The Labute approximate surface area is 166 Å². The molecule has 0 spiro atoms. The summed E-state index contributed by atoms with van der Waals surface area (Å²) in [6.07, 6.45) is 2.55. The van der Waals surface area contributed by atoms with Gasteiger partial charge in [0, 0.05) is 22.8 Å². The molecule has 0 aliphatic carbocycles. The first kappa shape index (κ1) is 18.4. The Morgan fingerprint density at radius 3 is 2.82 bits per heavy atom. The van der Waals surface area contributed by atoms with E-state index in [1.807, 2.05) is 12.1 Å². The van der Waals surface area contributed by atoms with Crippen molar-refractivity contribution in [2.45, 2.75) is 25.3 Å². The minimum absolute atomic E-state index is 0.318. The van der Waals surface area contributed by atoms with Gasteiger partial charge in [-0.05, 0) is 61.7 Å². The van der Waals surface area contributed by atoms with Crippen LogP contribution in [0.1, 0.15) is 31.2 Å². The zero-order valence-corrected chi connectivity index (χ0v) is 15.7. The third-order valence-corrected chi connectivity index (χ3v) is 4.92. The van der Waals surface area contributed by atoms with Crippen molar-refractivity contribution >= 4 is 23.3 Å². The molecule has 6 nitrogen and oxygen atoms in total. The summed E-state index contributed by atoms with van der Waals surface area (Å²) in [7, 11) is 0. The molecule has 0 radical (unpaired) electrons. The highest BCUT2D eigenvalue weighted by Crippen LogP contribution is 2.32. The van der Waals surface area contributed by atoms with E-state index in [9.17, 15) is 9.18 Å². The van der Waals surface area contributed by atoms with Gasteiger partial charge in [-0.1, -0.05) is 22.8 Å². The van der Waals surface area contributed by atoms with Gasteiger partial charge < -0.3 is 14.7 Å². The van der Waals surface area contributed by atoms with E-state index < -0.39 is 5.82 Å². The number of rotatable bonds is 3. The van der Waals surface area contributed by atoms with Gasteiger partial charge >= 0.3 is 6.03 Å². The molecule has 2 amide bonds. The monoisotopic (exact) mass is 400 g/mol. The van der Waals surface area contributed by atoms with Gasteiger partial charge in [-0.3, -0.25) is 0 Å². The summed E-state index contributed by atoms with van der Waals surface area (Å²) in [5.74, 6) is 0.430. The fourth-order valence-electron chi connectivity index (χ4n) is 3.28. The first-order valence-electron chi connectivity index (χ1n) is 9.03. The van der Waals surface area contributed by atoms with Crippen LogP contribution in [-0.2, 0) is 0 Å². The Bertz CT molecular complexity index is 976. The van der Waals surface area contributed by atoms with Gasteiger partial charge in [-0.15, -0.1) is 0 Å². The van der Waals surface area contributed by atoms with Crippen molar-refractivity contribution in [3.63, 3.8) is 0 Å². The number of nitrogens with one attached hydrogen (secondary N) is 1. The predicted octanol–water partition coefficient (Wildman–Crippen LogP) is 5.29. The zero-order chi connectivity index (χ0) is 19.5. The van der Waals surface area contributed by atoms with Crippen molar-refractivity contribution in [1.29, 1.82) is 0 Å². The molecule has 1 fully saturated rings. The average Bonchev–Trinajstić information content (AvgIpc) is 3.18. The fourth-order valence-corrected chi connectivity index (χ4v) is 3.41. The van der Waals surface area contributed by atoms with E-state index >= 15 is 0 Å². The van der Waals surface area contributed by atoms with Crippen molar-refractivity contribution in [1.82, 2.24) is 15.0 Å². The first-order valence-corrected chi connectivity index (χ1v) is 9.41. The number of nitrogens with zero attached hydrogens (tertiary/aromatic N) is 3. The van der Waals surface area contributed by atoms with E-state index in [0.717, 1.165) is 24.8 Å². The molecule has 28 heavy (non-hydrogen) atoms. The van der Waals surface area contributed by atoms with Crippen LogP contribution in [0.15, 0.2) is 53.1 Å². The lowest BCUT2D eigenvalue weighted by Gasteiger charge is -2.33. The largest absolute Gasteiger partial charge is 0.337 e. The number of likely N-dealkylation sites (tertiary alicyclic amines) is 1. The molecule has 2 heterocycles. The second kappa shape index (κ2) is 7.98. The van der Waals surface area contributed by atoms with Crippen LogP contribution < -0.4 is 5.32 Å². The van der Waals surface area contributed by atoms with Gasteiger partial charge in [0.15, 0.2) is 0 Å². The third kappa shape index (κ3) is 3.99. The SMILES string of the molecule is O=C(Nc1cccc(F)c1)N1CCCC[C@@H]1c1nc(-c2ccc(Cl)cc2)no1. The number of urea groups is 1. The van der Waals surface area contributed by atoms with Crippen LogP contribution in [-0.4, -0.2) is 27.6 Å². The van der Waals surface area contributed by atoms with Crippen LogP contribution in [0.4, 0.5) is 14.9 Å². The maximum Gasteiger partial charge on any atom is 0.322 e. The minimum atomic E-state index is -0.405. The highest BCUT2D eigenvalue weighted by Gasteiger charge is 2.32. The van der Waals surface area contributed by atoms with Gasteiger partial charge in [0.05, 0.1) is 0 Å². The Balaban J connectivity index is 1.54. The molecule has 0 saturated carbocycles. The van der Waals surface area contributed by atoms with E-state index in [4.69, 9.17) is 16.1 Å². The number of halogens is 2. The van der Waals surface area contributed by atoms with Gasteiger partial charge in [-0.25, -0.2) is 9.18 Å². The summed E-state index contributed by atoms with van der Waals surface area (Å²) in [4.78, 5) is 18.9. The molecular weight excluding hydrogens is 383 g/mol. The van der Waals surface area contributed by atoms with Crippen LogP contribution in [0.3, 0.4) is 0 Å². The van der Waals surface area contributed by atoms with Crippen LogP contribution in [0, 0.1) is 5.82 Å². The number of carbonyl (C=O) groups is 1. The van der Waals surface area contributed by atoms with Gasteiger partial charge in [0.2, 0.25) is 11.7 Å². The topological polar surface area (TPSA) is 71.3 Å². The number of benzene rings is 2. The molecule has 8 heteroatoms. The third-order valence-electron chi connectivity index (χ3n) is 4.67. The molecule has 1 atom stereocenters. The predicted molar refractivity (Wildman–Crippen MR) is 103 cm³/mol. The zero-order valence-electron chi connectivity index (χ0n) is 14.9. The first-order chi connectivity index (χ1) is 13.6. The Morgan fingerprint density at radius 2 is 2.04 bits per heavy atom. The number of aromatic nitrogens is 2. The molecule has 1 N–H and O–H groups in total. The molecule has 1 aromatic heterocycles. The quantitative estimate of drug-likeness (QED) is 0.648. The van der Waals surface area contributed by atoms with E-state index in [2.05, 4.69) is 15.5 Å². The van der Waals surface area contributed by atoms with Crippen molar-refractivity contribution in [3.05, 3.63) is 65.3 Å². The van der Waals surface area contributed by atoms with Gasteiger partial charge in [0.1, 0.15) is 11.9 Å². The normalized spacial score (nSPS) is 16.8. The Kier molecular flexibility index (Phi) is 5.25. The van der Waals surface area contributed by atoms with E-state index in [0.29, 0.717) is 29.0 Å². The number of hydrogen-bond acceptors (Lipinski definition) is 4. The van der Waals surface area contributed by atoms with Gasteiger partial charge in [0.25, 0.3) is 0 Å². The smallest absolute Gasteiger partial charge is 0.322 e. The molecule has 144 valence electrons. The van der Waals surface area contributed by atoms with Crippen LogP contribution in [0.25, 0.3) is 11.4 Å². The number of hydrogen-bond donors (Lipinski definition) is 1. The summed E-state index contributed by atoms with van der Waals surface area (Å²) >= 11 is 5.92. The minimum Gasteiger partial charge on any atom is -0.337 e. The lowest BCUT2D eigenvalue weighted by molar-refractivity contribution is 0.142.